The molecule has 1 aromatic rings. The average molecular weight is 603 g/mol. The molecule has 5 aliphatic rings. The van der Waals surface area contributed by atoms with Crippen molar-refractivity contribution in [1.82, 2.24) is 0 Å². The van der Waals surface area contributed by atoms with Gasteiger partial charge in [0.05, 0.1) is 29.5 Å². The average Bonchev–Trinajstić information content (AvgIpc) is 3.65. The van der Waals surface area contributed by atoms with Gasteiger partial charge in [0.1, 0.15) is 12.4 Å². The third kappa shape index (κ3) is 4.55. The highest BCUT2D eigenvalue weighted by molar-refractivity contribution is 5.95. The number of carbonyl (C=O) groups excluding carboxylic acids is 1. The minimum Gasteiger partial charge on any atom is -0.458 e. The Labute approximate surface area is 254 Å². The predicted octanol–water partition coefficient (Wildman–Crippen LogP) is 3.80. The molecule has 6 rings (SSSR count). The summed E-state index contributed by atoms with van der Waals surface area (Å²) >= 11 is 0. The zero-order chi connectivity index (χ0) is 31.1. The topological polar surface area (TPSA) is 150 Å². The molecule has 3 unspecified atom stereocenters. The highest BCUT2D eigenvalue weighted by atomic mass is 16.7. The molecule has 1 aliphatic heterocycles. The van der Waals surface area contributed by atoms with E-state index >= 15 is 0 Å². The number of carbonyl (C=O) groups is 1. The van der Waals surface area contributed by atoms with Crippen LogP contribution in [0, 0.1) is 40.4 Å². The zero-order valence-corrected chi connectivity index (χ0v) is 26.2. The van der Waals surface area contributed by atoms with Gasteiger partial charge >= 0.3 is 0 Å². The van der Waals surface area contributed by atoms with Crippen molar-refractivity contribution in [2.24, 2.45) is 40.4 Å². The van der Waals surface area contributed by atoms with Crippen LogP contribution >= 0.6 is 0 Å². The lowest BCUT2D eigenvalue weighted by atomic mass is 9.45. The lowest BCUT2D eigenvalue weighted by Crippen LogP contribution is -2.62. The van der Waals surface area contributed by atoms with Crippen molar-refractivity contribution in [1.29, 1.82) is 0 Å². The molecule has 13 atom stereocenters. The van der Waals surface area contributed by atoms with Crippen molar-refractivity contribution in [3.8, 4) is 0 Å². The van der Waals surface area contributed by atoms with Crippen LogP contribution < -0.4 is 0 Å². The maximum Gasteiger partial charge on any atom is 0.218 e. The second-order valence-electron chi connectivity index (χ2n) is 15.2. The Hall–Kier alpha value is -1.59. The Morgan fingerprint density at radius 2 is 1.74 bits per heavy atom. The van der Waals surface area contributed by atoms with Gasteiger partial charge < -0.3 is 39.4 Å². The smallest absolute Gasteiger partial charge is 0.218 e. The molecule has 0 spiro atoms. The largest absolute Gasteiger partial charge is 0.458 e. The molecule has 0 bridgehead atoms. The molecule has 0 amide bonds. The van der Waals surface area contributed by atoms with Crippen molar-refractivity contribution >= 4 is 5.78 Å². The van der Waals surface area contributed by atoms with Crippen LogP contribution in [-0.2, 0) is 20.9 Å². The van der Waals surface area contributed by atoms with E-state index in [0.717, 1.165) is 18.4 Å². The third-order valence-corrected chi connectivity index (χ3v) is 13.0. The molecule has 9 nitrogen and oxygen atoms in total. The Kier molecular flexibility index (Phi) is 7.85. The first-order chi connectivity index (χ1) is 20.2. The Bertz CT molecular complexity index is 1260. The minimum absolute atomic E-state index is 0.0586. The number of rotatable bonds is 7. The van der Waals surface area contributed by atoms with Crippen LogP contribution in [-0.4, -0.2) is 67.4 Å². The van der Waals surface area contributed by atoms with Gasteiger partial charge in [0.25, 0.3) is 0 Å². The molecule has 0 radical (unpaired) electrons. The fourth-order valence-corrected chi connectivity index (χ4v) is 9.99. The van der Waals surface area contributed by atoms with Crippen LogP contribution in [0.5, 0.6) is 0 Å². The van der Waals surface area contributed by atoms with Gasteiger partial charge in [0, 0.05) is 17.9 Å². The molecule has 3 saturated carbocycles. The molecule has 0 aromatic carbocycles. The van der Waals surface area contributed by atoms with Crippen LogP contribution in [0.2, 0.25) is 0 Å². The van der Waals surface area contributed by atoms with E-state index in [-0.39, 0.29) is 61.1 Å². The number of aliphatic hydroxyl groups is 5. The summed E-state index contributed by atoms with van der Waals surface area (Å²) in [6, 6.07) is 3.48. The highest BCUT2D eigenvalue weighted by Gasteiger charge is 2.71. The fraction of sp³-hybridized carbons (Fsp3) is 0.794. The number of ether oxygens (including phenoxy) is 2. The van der Waals surface area contributed by atoms with Crippen LogP contribution in [0.25, 0.3) is 0 Å². The van der Waals surface area contributed by atoms with Crippen LogP contribution in [0.4, 0.5) is 0 Å². The van der Waals surface area contributed by atoms with E-state index in [9.17, 15) is 30.3 Å². The first-order valence-corrected chi connectivity index (χ1v) is 16.2. The van der Waals surface area contributed by atoms with Crippen molar-refractivity contribution in [2.75, 3.05) is 6.61 Å². The molecule has 2 heterocycles. The summed E-state index contributed by atoms with van der Waals surface area (Å²) < 4.78 is 19.3. The van der Waals surface area contributed by atoms with Gasteiger partial charge in [-0.2, -0.15) is 0 Å². The summed E-state index contributed by atoms with van der Waals surface area (Å²) in [6.07, 6.45) is 2.66. The second kappa shape index (κ2) is 10.7. The lowest BCUT2D eigenvalue weighted by Gasteiger charge is -2.60. The van der Waals surface area contributed by atoms with Crippen molar-refractivity contribution in [3.63, 3.8) is 0 Å². The number of hydrogen-bond acceptors (Lipinski definition) is 9. The van der Waals surface area contributed by atoms with Gasteiger partial charge in [0.2, 0.25) is 6.29 Å². The molecule has 1 aromatic heterocycles. The molecule has 240 valence electrons. The Morgan fingerprint density at radius 3 is 2.42 bits per heavy atom. The van der Waals surface area contributed by atoms with Crippen molar-refractivity contribution in [2.45, 2.75) is 122 Å². The molecule has 43 heavy (non-hydrogen) atoms. The summed E-state index contributed by atoms with van der Waals surface area (Å²) in [5.41, 5.74) is -2.38. The van der Waals surface area contributed by atoms with Crippen LogP contribution in [0.1, 0.15) is 97.4 Å². The van der Waals surface area contributed by atoms with E-state index in [1.165, 1.54) is 0 Å². The normalized spacial score (nSPS) is 47.4. The van der Waals surface area contributed by atoms with E-state index < -0.39 is 40.5 Å². The predicted molar refractivity (Wildman–Crippen MR) is 156 cm³/mol. The van der Waals surface area contributed by atoms with E-state index in [0.29, 0.717) is 37.2 Å². The molecule has 4 fully saturated rings. The lowest BCUT2D eigenvalue weighted by molar-refractivity contribution is -0.170. The molecular weight excluding hydrogens is 552 g/mol. The summed E-state index contributed by atoms with van der Waals surface area (Å²) in [5, 5.41) is 53.3. The van der Waals surface area contributed by atoms with Crippen molar-refractivity contribution < 1.29 is 44.2 Å². The standard InChI is InChI=1S/C34H50O9/c1-18(19(2)16-35)12-29-33(5,43-30(42-29)27-7-6-20(17-36)41-27)28-9-11-34(40)22-13-24(37)23-14-25(38)26(39)15-31(23,3)21(22)8-10-32(28,34)4/h6-7,13,18-19,21,23,25-26,28-30,35-36,38-40H,8-12,14-17H2,1-5H3/t18?,19?,21?,23-,25+,26-,28-,29+,30+,31+,32+,33+,34+/m0/s1. The Morgan fingerprint density at radius 1 is 1.00 bits per heavy atom. The molecule has 1 saturated heterocycles. The van der Waals surface area contributed by atoms with Gasteiger partial charge in [-0.05, 0) is 105 Å². The summed E-state index contributed by atoms with van der Waals surface area (Å²) in [6.45, 7) is 10.2. The van der Waals surface area contributed by atoms with Gasteiger partial charge in [0.15, 0.2) is 11.5 Å². The highest BCUT2D eigenvalue weighted by Crippen LogP contribution is 2.70. The molecule has 4 aliphatic carbocycles. The molecule has 9 heteroatoms. The van der Waals surface area contributed by atoms with E-state index in [4.69, 9.17) is 13.9 Å². The van der Waals surface area contributed by atoms with Gasteiger partial charge in [-0.1, -0.05) is 27.7 Å². The minimum atomic E-state index is -1.22. The van der Waals surface area contributed by atoms with E-state index in [2.05, 4.69) is 27.7 Å². The number of hydrogen-bond donors (Lipinski definition) is 5. The second-order valence-corrected chi connectivity index (χ2v) is 15.2. The maximum absolute atomic E-state index is 13.6. The third-order valence-electron chi connectivity index (χ3n) is 13.0. The summed E-state index contributed by atoms with van der Waals surface area (Å²) in [5.74, 6) is 0.535. The fourth-order valence-electron chi connectivity index (χ4n) is 9.99. The maximum atomic E-state index is 13.6. The monoisotopic (exact) mass is 602 g/mol. The summed E-state index contributed by atoms with van der Waals surface area (Å²) in [7, 11) is 0. The van der Waals surface area contributed by atoms with Gasteiger partial charge in [-0.25, -0.2) is 0 Å². The first kappa shape index (κ1) is 31.4. The molecule has 5 N–H and O–H groups in total. The number of allylic oxidation sites excluding steroid dienone is 1. The van der Waals surface area contributed by atoms with Gasteiger partial charge in [-0.15, -0.1) is 0 Å². The quantitative estimate of drug-likeness (QED) is 0.314. The number of furan rings is 1. The van der Waals surface area contributed by atoms with Crippen LogP contribution in [0.15, 0.2) is 28.2 Å². The number of aliphatic hydroxyl groups excluding tert-OH is 4. The number of ketones is 1. The zero-order valence-electron chi connectivity index (χ0n) is 26.2. The van der Waals surface area contributed by atoms with E-state index in [1.54, 1.807) is 18.2 Å². The van der Waals surface area contributed by atoms with E-state index in [1.807, 2.05) is 6.92 Å². The number of fused-ring (bicyclic) bond motifs is 5. The molecular formula is C34H50O9. The van der Waals surface area contributed by atoms with Crippen molar-refractivity contribution in [3.05, 3.63) is 35.3 Å². The first-order valence-electron chi connectivity index (χ1n) is 16.2. The van der Waals surface area contributed by atoms with Gasteiger partial charge in [-0.3, -0.25) is 4.79 Å². The SMILES string of the molecule is CC(CO)C(C)C[C@H]1O[C@@H](c2ccc(CO)o2)O[C@]1(C)[C@H]1CC[C@@]2(O)C3=CC(=O)[C@@H]4C[C@@H](O)[C@@H](O)C[C@]4(C)C3CC[C@]12C. The van der Waals surface area contributed by atoms with Crippen LogP contribution in [0.3, 0.4) is 0 Å². The summed E-state index contributed by atoms with van der Waals surface area (Å²) in [4.78, 5) is 13.6. The Balaban J connectivity index is 1.36.